The van der Waals surface area contributed by atoms with E-state index in [1.807, 2.05) is 24.3 Å². The van der Waals surface area contributed by atoms with Crippen LogP contribution >= 0.6 is 0 Å². The Hall–Kier alpha value is -2.04. The molecule has 18 heavy (non-hydrogen) atoms. The summed E-state index contributed by atoms with van der Waals surface area (Å²) in [6.07, 6.45) is 1.79. The maximum absolute atomic E-state index is 11.7. The summed E-state index contributed by atoms with van der Waals surface area (Å²) in [7, 11) is 0. The standard InChI is InChI=1S/C13H17N3O2/c14-10-3-1-9(2-4-10)7-8-15-13(18)11-5-6-12(17)16-11/h1-4,11H,5-8,14H2,(H,15,18)(H,16,17)/t11-/m1/s1. The summed E-state index contributed by atoms with van der Waals surface area (Å²) in [5, 5.41) is 5.47. The zero-order valence-corrected chi connectivity index (χ0v) is 10.1. The van der Waals surface area contributed by atoms with Gasteiger partial charge in [0.1, 0.15) is 6.04 Å². The van der Waals surface area contributed by atoms with Gasteiger partial charge < -0.3 is 16.4 Å². The van der Waals surface area contributed by atoms with E-state index in [1.165, 1.54) is 0 Å². The summed E-state index contributed by atoms with van der Waals surface area (Å²) in [4.78, 5) is 22.7. The van der Waals surface area contributed by atoms with Crippen molar-refractivity contribution in [2.45, 2.75) is 25.3 Å². The second-order valence-electron chi connectivity index (χ2n) is 4.44. The zero-order chi connectivity index (χ0) is 13.0. The molecule has 0 radical (unpaired) electrons. The molecule has 2 rings (SSSR count). The number of carbonyl (C=O) groups excluding carboxylic acids is 2. The smallest absolute Gasteiger partial charge is 0.242 e. The summed E-state index contributed by atoms with van der Waals surface area (Å²) < 4.78 is 0. The van der Waals surface area contributed by atoms with E-state index in [9.17, 15) is 9.59 Å². The molecule has 0 unspecified atom stereocenters. The van der Waals surface area contributed by atoms with Crippen LogP contribution in [0.4, 0.5) is 5.69 Å². The van der Waals surface area contributed by atoms with Crippen molar-refractivity contribution in [2.24, 2.45) is 0 Å². The van der Waals surface area contributed by atoms with Crippen LogP contribution in [0.1, 0.15) is 18.4 Å². The highest BCUT2D eigenvalue weighted by molar-refractivity contribution is 5.90. The van der Waals surface area contributed by atoms with Gasteiger partial charge >= 0.3 is 0 Å². The van der Waals surface area contributed by atoms with Crippen molar-refractivity contribution >= 4 is 17.5 Å². The van der Waals surface area contributed by atoms with Crippen molar-refractivity contribution in [3.05, 3.63) is 29.8 Å². The summed E-state index contributed by atoms with van der Waals surface area (Å²) in [5.41, 5.74) is 7.45. The van der Waals surface area contributed by atoms with Gasteiger partial charge in [-0.05, 0) is 30.5 Å². The van der Waals surface area contributed by atoms with Gasteiger partial charge in [0.15, 0.2) is 0 Å². The number of nitrogens with one attached hydrogen (secondary N) is 2. The first-order valence-corrected chi connectivity index (χ1v) is 6.06. The third-order valence-electron chi connectivity index (χ3n) is 3.00. The van der Waals surface area contributed by atoms with Crippen LogP contribution in [0.5, 0.6) is 0 Å². The van der Waals surface area contributed by atoms with Crippen LogP contribution in [0.25, 0.3) is 0 Å². The van der Waals surface area contributed by atoms with Crippen LogP contribution in [0.2, 0.25) is 0 Å². The van der Waals surface area contributed by atoms with Crippen molar-refractivity contribution in [2.75, 3.05) is 12.3 Å². The zero-order valence-electron chi connectivity index (χ0n) is 10.1. The Morgan fingerprint density at radius 2 is 2.11 bits per heavy atom. The lowest BCUT2D eigenvalue weighted by Gasteiger charge is -2.10. The first-order valence-electron chi connectivity index (χ1n) is 6.06. The Kier molecular flexibility index (Phi) is 3.82. The fourth-order valence-electron chi connectivity index (χ4n) is 1.95. The van der Waals surface area contributed by atoms with Crippen LogP contribution in [0.15, 0.2) is 24.3 Å². The van der Waals surface area contributed by atoms with Gasteiger partial charge in [-0.2, -0.15) is 0 Å². The second kappa shape index (κ2) is 5.53. The Balaban J connectivity index is 1.73. The topological polar surface area (TPSA) is 84.2 Å². The van der Waals surface area contributed by atoms with E-state index in [0.29, 0.717) is 19.4 Å². The molecule has 1 heterocycles. The number of benzene rings is 1. The molecule has 0 saturated carbocycles. The maximum Gasteiger partial charge on any atom is 0.242 e. The van der Waals surface area contributed by atoms with Gasteiger partial charge in [0.25, 0.3) is 0 Å². The van der Waals surface area contributed by atoms with E-state index in [2.05, 4.69) is 10.6 Å². The Bertz CT molecular complexity index is 442. The van der Waals surface area contributed by atoms with E-state index in [4.69, 9.17) is 5.73 Å². The molecule has 5 nitrogen and oxygen atoms in total. The molecule has 2 amide bonds. The Labute approximate surface area is 106 Å². The lowest BCUT2D eigenvalue weighted by Crippen LogP contribution is -2.42. The van der Waals surface area contributed by atoms with Crippen molar-refractivity contribution in [3.8, 4) is 0 Å². The molecule has 0 bridgehead atoms. The molecule has 1 fully saturated rings. The van der Waals surface area contributed by atoms with Crippen LogP contribution < -0.4 is 16.4 Å². The number of anilines is 1. The van der Waals surface area contributed by atoms with Gasteiger partial charge in [0.05, 0.1) is 0 Å². The van der Waals surface area contributed by atoms with Crippen molar-refractivity contribution in [3.63, 3.8) is 0 Å². The van der Waals surface area contributed by atoms with Gasteiger partial charge in [-0.15, -0.1) is 0 Å². The van der Waals surface area contributed by atoms with Gasteiger partial charge in [0, 0.05) is 18.7 Å². The van der Waals surface area contributed by atoms with E-state index in [1.54, 1.807) is 0 Å². The van der Waals surface area contributed by atoms with Gasteiger partial charge in [-0.1, -0.05) is 12.1 Å². The fraction of sp³-hybridized carbons (Fsp3) is 0.385. The maximum atomic E-state index is 11.7. The molecule has 0 spiro atoms. The molecule has 1 atom stereocenters. The monoisotopic (exact) mass is 247 g/mol. The summed E-state index contributed by atoms with van der Waals surface area (Å²) in [5.74, 6) is -0.148. The quantitative estimate of drug-likeness (QED) is 0.665. The largest absolute Gasteiger partial charge is 0.399 e. The first-order chi connectivity index (χ1) is 8.65. The SMILES string of the molecule is Nc1ccc(CCNC(=O)[C@H]2CCC(=O)N2)cc1. The number of amides is 2. The molecule has 4 N–H and O–H groups in total. The van der Waals surface area contributed by atoms with E-state index >= 15 is 0 Å². The van der Waals surface area contributed by atoms with Crippen LogP contribution in [0.3, 0.4) is 0 Å². The highest BCUT2D eigenvalue weighted by Gasteiger charge is 2.26. The number of rotatable bonds is 4. The molecular weight excluding hydrogens is 230 g/mol. The molecule has 1 aliphatic rings. The van der Waals surface area contributed by atoms with E-state index < -0.39 is 0 Å². The first kappa shape index (κ1) is 12.4. The van der Waals surface area contributed by atoms with Crippen molar-refractivity contribution in [1.29, 1.82) is 0 Å². The number of nitrogens with two attached hydrogens (primary N) is 1. The summed E-state index contributed by atoms with van der Waals surface area (Å²) in [6, 6.07) is 7.21. The predicted octanol–water partition coefficient (Wildman–Crippen LogP) is 0.206. The van der Waals surface area contributed by atoms with Gasteiger partial charge in [-0.25, -0.2) is 0 Å². The molecule has 1 aliphatic heterocycles. The lowest BCUT2D eigenvalue weighted by atomic mass is 10.1. The Morgan fingerprint density at radius 1 is 1.39 bits per heavy atom. The van der Waals surface area contributed by atoms with Crippen molar-refractivity contribution < 1.29 is 9.59 Å². The highest BCUT2D eigenvalue weighted by Crippen LogP contribution is 2.07. The fourth-order valence-corrected chi connectivity index (χ4v) is 1.95. The number of carbonyl (C=O) groups is 2. The molecule has 0 aliphatic carbocycles. The van der Waals surface area contributed by atoms with E-state index in [-0.39, 0.29) is 17.9 Å². The molecule has 0 aromatic heterocycles. The van der Waals surface area contributed by atoms with Crippen molar-refractivity contribution in [1.82, 2.24) is 10.6 Å². The number of hydrogen-bond donors (Lipinski definition) is 3. The Morgan fingerprint density at radius 3 is 2.72 bits per heavy atom. The normalized spacial score (nSPS) is 18.4. The molecule has 5 heteroatoms. The predicted molar refractivity (Wildman–Crippen MR) is 68.7 cm³/mol. The average molecular weight is 247 g/mol. The number of hydrogen-bond acceptors (Lipinski definition) is 3. The third kappa shape index (κ3) is 3.23. The second-order valence-corrected chi connectivity index (χ2v) is 4.44. The summed E-state index contributed by atoms with van der Waals surface area (Å²) in [6.45, 7) is 0.565. The minimum atomic E-state index is -0.357. The minimum absolute atomic E-state index is 0.0475. The van der Waals surface area contributed by atoms with Gasteiger partial charge in [-0.3, -0.25) is 9.59 Å². The highest BCUT2D eigenvalue weighted by atomic mass is 16.2. The van der Waals surface area contributed by atoms with Gasteiger partial charge in [0.2, 0.25) is 11.8 Å². The van der Waals surface area contributed by atoms with E-state index in [0.717, 1.165) is 17.7 Å². The summed E-state index contributed by atoms with van der Waals surface area (Å²) >= 11 is 0. The molecule has 96 valence electrons. The third-order valence-corrected chi connectivity index (χ3v) is 3.00. The molecule has 1 aromatic carbocycles. The van der Waals surface area contributed by atoms with Crippen LogP contribution in [-0.4, -0.2) is 24.4 Å². The minimum Gasteiger partial charge on any atom is -0.399 e. The lowest BCUT2D eigenvalue weighted by molar-refractivity contribution is -0.125. The molecule has 1 saturated heterocycles. The van der Waals surface area contributed by atoms with Crippen LogP contribution in [-0.2, 0) is 16.0 Å². The number of nitrogen functional groups attached to an aromatic ring is 1. The van der Waals surface area contributed by atoms with Crippen LogP contribution in [0, 0.1) is 0 Å². The molecule has 1 aromatic rings. The average Bonchev–Trinajstić information content (AvgIpc) is 2.78. The molecular formula is C13H17N3O2.